The van der Waals surface area contributed by atoms with Gasteiger partial charge in [-0.05, 0) is 25.5 Å². The maximum absolute atomic E-state index is 11.1. The van der Waals surface area contributed by atoms with Gasteiger partial charge in [0.25, 0.3) is 0 Å². The Morgan fingerprint density at radius 1 is 1.47 bits per heavy atom. The molecule has 0 aliphatic rings. The number of nitrogens with two attached hydrogens (primary N) is 1. The van der Waals surface area contributed by atoms with Crippen LogP contribution in [0.4, 0.5) is 5.69 Å². The molecule has 0 aromatic heterocycles. The van der Waals surface area contributed by atoms with E-state index in [0.717, 1.165) is 29.8 Å². The summed E-state index contributed by atoms with van der Waals surface area (Å²) in [5, 5.41) is 0. The van der Waals surface area contributed by atoms with Crippen LogP contribution in [0.25, 0.3) is 0 Å². The molecule has 0 heterocycles. The summed E-state index contributed by atoms with van der Waals surface area (Å²) in [6.07, 6.45) is 1.14. The van der Waals surface area contributed by atoms with Gasteiger partial charge in [-0.25, -0.2) is 0 Å². The summed E-state index contributed by atoms with van der Waals surface area (Å²) >= 11 is 5.08. The molecular weight excluding hydrogens is 260 g/mol. The van der Waals surface area contributed by atoms with E-state index in [9.17, 15) is 4.79 Å². The first-order valence-corrected chi connectivity index (χ1v) is 6.55. The molecular formula is C14H20N2O2S. The molecule has 0 fully saturated rings. The Morgan fingerprint density at radius 2 is 2.16 bits per heavy atom. The fourth-order valence-corrected chi connectivity index (χ4v) is 2.03. The molecule has 0 amide bonds. The van der Waals surface area contributed by atoms with E-state index in [-0.39, 0.29) is 5.97 Å². The van der Waals surface area contributed by atoms with Gasteiger partial charge in [0.15, 0.2) is 0 Å². The summed E-state index contributed by atoms with van der Waals surface area (Å²) in [6, 6.07) is 6.00. The van der Waals surface area contributed by atoms with Crippen LogP contribution >= 0.6 is 12.2 Å². The second-order valence-electron chi connectivity index (χ2n) is 4.49. The van der Waals surface area contributed by atoms with Crippen molar-refractivity contribution in [3.8, 4) is 0 Å². The zero-order chi connectivity index (χ0) is 14.4. The monoisotopic (exact) mass is 280 g/mol. The normalized spacial score (nSPS) is 10.1. The third-order valence-electron chi connectivity index (χ3n) is 2.93. The Kier molecular flexibility index (Phi) is 5.76. The third-order valence-corrected chi connectivity index (χ3v) is 3.15. The van der Waals surface area contributed by atoms with E-state index in [0.29, 0.717) is 11.4 Å². The molecule has 0 radical (unpaired) electrons. The van der Waals surface area contributed by atoms with E-state index < -0.39 is 0 Å². The lowest BCUT2D eigenvalue weighted by Crippen LogP contribution is -2.23. The fourth-order valence-electron chi connectivity index (χ4n) is 1.86. The highest BCUT2D eigenvalue weighted by molar-refractivity contribution is 7.80. The van der Waals surface area contributed by atoms with Crippen LogP contribution in [0.2, 0.25) is 0 Å². The lowest BCUT2D eigenvalue weighted by atomic mass is 10.1. The molecule has 0 spiro atoms. The smallest absolute Gasteiger partial charge is 0.305 e. The maximum Gasteiger partial charge on any atom is 0.305 e. The minimum absolute atomic E-state index is 0.188. The molecule has 2 N–H and O–H groups in total. The molecule has 0 bridgehead atoms. The molecule has 0 unspecified atom stereocenters. The number of methoxy groups -OCH3 is 1. The molecule has 0 saturated carbocycles. The molecule has 4 nitrogen and oxygen atoms in total. The van der Waals surface area contributed by atoms with Gasteiger partial charge in [0, 0.05) is 31.3 Å². The van der Waals surface area contributed by atoms with Crippen LogP contribution < -0.4 is 10.6 Å². The summed E-state index contributed by atoms with van der Waals surface area (Å²) in [6.45, 7) is 2.75. The molecule has 1 aromatic carbocycles. The van der Waals surface area contributed by atoms with Gasteiger partial charge in [0.1, 0.15) is 4.99 Å². The van der Waals surface area contributed by atoms with Gasteiger partial charge in [-0.15, -0.1) is 0 Å². The van der Waals surface area contributed by atoms with Gasteiger partial charge >= 0.3 is 5.97 Å². The highest BCUT2D eigenvalue weighted by atomic mass is 32.1. The largest absolute Gasteiger partial charge is 0.469 e. The van der Waals surface area contributed by atoms with Gasteiger partial charge in [-0.2, -0.15) is 0 Å². The summed E-state index contributed by atoms with van der Waals surface area (Å²) in [7, 11) is 3.36. The van der Waals surface area contributed by atoms with E-state index in [1.54, 1.807) is 0 Å². The predicted octanol–water partition coefficient (Wildman–Crippen LogP) is 2.02. The van der Waals surface area contributed by atoms with Crippen molar-refractivity contribution in [1.82, 2.24) is 0 Å². The van der Waals surface area contributed by atoms with E-state index in [1.807, 2.05) is 32.2 Å². The highest BCUT2D eigenvalue weighted by Gasteiger charge is 2.10. The van der Waals surface area contributed by atoms with Gasteiger partial charge in [0.05, 0.1) is 7.11 Å². The first kappa shape index (κ1) is 15.4. The number of ether oxygens (including phenoxy) is 1. The number of rotatable bonds is 6. The molecule has 0 aliphatic carbocycles. The van der Waals surface area contributed by atoms with Crippen molar-refractivity contribution in [3.05, 3.63) is 29.3 Å². The second kappa shape index (κ2) is 7.09. The van der Waals surface area contributed by atoms with Crippen LogP contribution in [0.15, 0.2) is 18.2 Å². The average Bonchev–Trinajstić information content (AvgIpc) is 2.38. The Bertz CT molecular complexity index is 475. The predicted molar refractivity (Wildman–Crippen MR) is 81.6 cm³/mol. The van der Waals surface area contributed by atoms with E-state index in [1.165, 1.54) is 7.11 Å². The number of benzene rings is 1. The Labute approximate surface area is 119 Å². The number of hydrogen-bond acceptors (Lipinski definition) is 4. The van der Waals surface area contributed by atoms with E-state index >= 15 is 0 Å². The topological polar surface area (TPSA) is 55.6 Å². The van der Waals surface area contributed by atoms with Gasteiger partial charge in [-0.1, -0.05) is 23.8 Å². The zero-order valence-electron chi connectivity index (χ0n) is 11.6. The zero-order valence-corrected chi connectivity index (χ0v) is 12.4. The van der Waals surface area contributed by atoms with Crippen molar-refractivity contribution in [2.75, 3.05) is 25.6 Å². The molecule has 19 heavy (non-hydrogen) atoms. The number of aryl methyl sites for hydroxylation is 1. The number of hydrogen-bond donors (Lipinski definition) is 1. The summed E-state index contributed by atoms with van der Waals surface area (Å²) in [4.78, 5) is 13.5. The Morgan fingerprint density at radius 3 is 2.74 bits per heavy atom. The minimum Gasteiger partial charge on any atom is -0.469 e. The van der Waals surface area contributed by atoms with Crippen molar-refractivity contribution in [1.29, 1.82) is 0 Å². The third kappa shape index (κ3) is 4.52. The van der Waals surface area contributed by atoms with Crippen LogP contribution in [0, 0.1) is 6.92 Å². The first-order chi connectivity index (χ1) is 8.95. The molecule has 0 atom stereocenters. The number of esters is 1. The van der Waals surface area contributed by atoms with Gasteiger partial charge in [0.2, 0.25) is 0 Å². The molecule has 104 valence electrons. The van der Waals surface area contributed by atoms with E-state index in [2.05, 4.69) is 9.64 Å². The Balaban J connectivity index is 2.73. The number of carbonyl (C=O) groups excluding carboxylic acids is 1. The molecule has 5 heteroatoms. The van der Waals surface area contributed by atoms with Crippen LogP contribution in [0.1, 0.15) is 24.0 Å². The molecule has 0 saturated heterocycles. The average molecular weight is 280 g/mol. The van der Waals surface area contributed by atoms with Crippen molar-refractivity contribution in [3.63, 3.8) is 0 Å². The lowest BCUT2D eigenvalue weighted by Gasteiger charge is -2.22. The summed E-state index contributed by atoms with van der Waals surface area (Å²) in [5.74, 6) is -0.188. The Hall–Kier alpha value is -1.62. The van der Waals surface area contributed by atoms with E-state index in [4.69, 9.17) is 18.0 Å². The second-order valence-corrected chi connectivity index (χ2v) is 4.93. The van der Waals surface area contributed by atoms with Crippen LogP contribution in [-0.4, -0.2) is 31.7 Å². The minimum atomic E-state index is -0.188. The molecule has 0 aliphatic heterocycles. The SMILES string of the molecule is COC(=O)CCCN(C)c1ccc(C)cc1C(N)=S. The maximum atomic E-state index is 11.1. The fraction of sp³-hybridized carbons (Fsp3) is 0.429. The molecule has 1 aromatic rings. The number of nitrogens with zero attached hydrogens (tertiary/aromatic N) is 1. The van der Waals surface area contributed by atoms with Crippen molar-refractivity contribution in [2.24, 2.45) is 5.73 Å². The molecule has 1 rings (SSSR count). The quantitative estimate of drug-likeness (QED) is 0.638. The van der Waals surface area contributed by atoms with Gasteiger partial charge < -0.3 is 15.4 Å². The van der Waals surface area contributed by atoms with Crippen molar-refractivity contribution in [2.45, 2.75) is 19.8 Å². The summed E-state index contributed by atoms with van der Waals surface area (Å²) in [5.41, 5.74) is 8.73. The number of anilines is 1. The summed E-state index contributed by atoms with van der Waals surface area (Å²) < 4.78 is 4.62. The number of carbonyl (C=O) groups is 1. The highest BCUT2D eigenvalue weighted by Crippen LogP contribution is 2.21. The van der Waals surface area contributed by atoms with Gasteiger partial charge in [-0.3, -0.25) is 4.79 Å². The van der Waals surface area contributed by atoms with Crippen molar-refractivity contribution >= 4 is 28.9 Å². The van der Waals surface area contributed by atoms with Crippen molar-refractivity contribution < 1.29 is 9.53 Å². The van der Waals surface area contributed by atoms with Crippen LogP contribution in [0.3, 0.4) is 0 Å². The number of thiocarbonyl (C=S) groups is 1. The first-order valence-electron chi connectivity index (χ1n) is 6.14. The van der Waals surface area contributed by atoms with Crippen LogP contribution in [0.5, 0.6) is 0 Å². The standard InChI is InChI=1S/C14H20N2O2S/c1-10-6-7-12(11(9-10)14(15)19)16(2)8-4-5-13(17)18-3/h6-7,9H,4-5,8H2,1-3H3,(H2,15,19). The lowest BCUT2D eigenvalue weighted by molar-refractivity contribution is -0.140. The van der Waals surface area contributed by atoms with Crippen LogP contribution in [-0.2, 0) is 9.53 Å².